The molecule has 3 rings (SSSR count). The lowest BCUT2D eigenvalue weighted by Gasteiger charge is -2.33. The minimum atomic E-state index is 0.552. The Bertz CT molecular complexity index is 502. The summed E-state index contributed by atoms with van der Waals surface area (Å²) >= 11 is 0. The maximum atomic E-state index is 6.18. The number of hydrogen-bond acceptors (Lipinski definition) is 4. The van der Waals surface area contributed by atoms with Crippen molar-refractivity contribution in [1.82, 2.24) is 9.97 Å². The minimum absolute atomic E-state index is 0.552. The van der Waals surface area contributed by atoms with Crippen LogP contribution < -0.4 is 10.6 Å². The van der Waals surface area contributed by atoms with Crippen LogP contribution in [0.2, 0.25) is 0 Å². The second-order valence-corrected chi connectivity index (χ2v) is 7.17. The molecule has 4 heteroatoms. The van der Waals surface area contributed by atoms with Crippen molar-refractivity contribution in [3.05, 3.63) is 11.4 Å². The highest BCUT2D eigenvalue weighted by Crippen LogP contribution is 2.40. The van der Waals surface area contributed by atoms with Gasteiger partial charge in [0.2, 0.25) is 0 Å². The fourth-order valence-corrected chi connectivity index (χ4v) is 3.36. The summed E-state index contributed by atoms with van der Waals surface area (Å²) in [5.41, 5.74) is 7.24. The van der Waals surface area contributed by atoms with Crippen LogP contribution >= 0.6 is 0 Å². The van der Waals surface area contributed by atoms with E-state index in [4.69, 9.17) is 10.7 Å². The van der Waals surface area contributed by atoms with Crippen LogP contribution in [0, 0.1) is 12.8 Å². The van der Waals surface area contributed by atoms with Crippen LogP contribution in [0.4, 0.5) is 11.6 Å². The van der Waals surface area contributed by atoms with E-state index in [0.717, 1.165) is 23.8 Å². The van der Waals surface area contributed by atoms with Crippen LogP contribution in [-0.4, -0.2) is 22.6 Å². The molecule has 2 aliphatic rings. The van der Waals surface area contributed by atoms with Gasteiger partial charge in [-0.25, -0.2) is 9.97 Å². The van der Waals surface area contributed by atoms with Gasteiger partial charge in [0, 0.05) is 24.1 Å². The van der Waals surface area contributed by atoms with Crippen molar-refractivity contribution >= 4 is 11.6 Å². The minimum Gasteiger partial charge on any atom is -0.383 e. The first-order chi connectivity index (χ1) is 10.1. The highest BCUT2D eigenvalue weighted by atomic mass is 15.2. The first kappa shape index (κ1) is 14.6. The van der Waals surface area contributed by atoms with Gasteiger partial charge in [0.05, 0.1) is 0 Å². The van der Waals surface area contributed by atoms with Crippen molar-refractivity contribution < 1.29 is 0 Å². The molecule has 4 nitrogen and oxygen atoms in total. The van der Waals surface area contributed by atoms with Crippen LogP contribution in [0.5, 0.6) is 0 Å². The Morgan fingerprint density at radius 2 is 1.81 bits per heavy atom. The Morgan fingerprint density at radius 3 is 2.38 bits per heavy atom. The highest BCUT2D eigenvalue weighted by molar-refractivity contribution is 5.57. The van der Waals surface area contributed by atoms with Crippen molar-refractivity contribution in [1.29, 1.82) is 0 Å². The van der Waals surface area contributed by atoms with Gasteiger partial charge in [-0.1, -0.05) is 26.7 Å². The molecule has 0 saturated heterocycles. The largest absolute Gasteiger partial charge is 0.383 e. The predicted octanol–water partition coefficient (Wildman–Crippen LogP) is 3.65. The lowest BCUT2D eigenvalue weighted by Crippen LogP contribution is -2.38. The van der Waals surface area contributed by atoms with E-state index in [0.29, 0.717) is 23.7 Å². The van der Waals surface area contributed by atoms with Gasteiger partial charge >= 0.3 is 0 Å². The monoisotopic (exact) mass is 288 g/mol. The van der Waals surface area contributed by atoms with Gasteiger partial charge in [-0.2, -0.15) is 0 Å². The number of aromatic nitrogens is 2. The number of hydrogen-bond donors (Lipinski definition) is 1. The quantitative estimate of drug-likeness (QED) is 0.898. The van der Waals surface area contributed by atoms with Crippen molar-refractivity contribution in [2.75, 3.05) is 17.2 Å². The van der Waals surface area contributed by atoms with E-state index < -0.39 is 0 Å². The molecule has 0 atom stereocenters. The van der Waals surface area contributed by atoms with Crippen LogP contribution in [0.15, 0.2) is 0 Å². The van der Waals surface area contributed by atoms with Gasteiger partial charge in [-0.3, -0.25) is 0 Å². The third kappa shape index (κ3) is 3.14. The number of rotatable bonds is 5. The molecule has 2 aliphatic carbocycles. The molecular weight excluding hydrogens is 260 g/mol. The maximum Gasteiger partial charge on any atom is 0.137 e. The van der Waals surface area contributed by atoms with Gasteiger partial charge in [0.1, 0.15) is 17.5 Å². The molecule has 1 heterocycles. The van der Waals surface area contributed by atoms with Crippen LogP contribution in [0.1, 0.15) is 69.7 Å². The van der Waals surface area contributed by atoms with E-state index in [1.807, 2.05) is 0 Å². The Labute approximate surface area is 128 Å². The zero-order chi connectivity index (χ0) is 15.0. The van der Waals surface area contributed by atoms with Crippen molar-refractivity contribution in [2.45, 2.75) is 71.3 Å². The molecule has 0 unspecified atom stereocenters. The molecular formula is C17H28N4. The molecule has 116 valence electrons. The second kappa shape index (κ2) is 5.82. The Kier molecular flexibility index (Phi) is 4.05. The van der Waals surface area contributed by atoms with Gasteiger partial charge in [0.15, 0.2) is 0 Å². The van der Waals surface area contributed by atoms with Crippen molar-refractivity contribution in [3.63, 3.8) is 0 Å². The summed E-state index contributed by atoms with van der Waals surface area (Å²) in [6.07, 6.45) is 7.69. The standard InChI is InChI=1S/C17H28N4/c1-11(2)10-21(14-6-4-5-7-14)17-12(3)15(18)19-16(20-17)13-8-9-13/h11,13-14H,4-10H2,1-3H3,(H2,18,19,20). The van der Waals surface area contributed by atoms with Crippen molar-refractivity contribution in [3.8, 4) is 0 Å². The summed E-state index contributed by atoms with van der Waals surface area (Å²) in [6, 6.07) is 0.632. The summed E-state index contributed by atoms with van der Waals surface area (Å²) < 4.78 is 0. The predicted molar refractivity (Wildman–Crippen MR) is 87.6 cm³/mol. The van der Waals surface area contributed by atoms with E-state index in [9.17, 15) is 0 Å². The smallest absolute Gasteiger partial charge is 0.137 e. The molecule has 2 fully saturated rings. The third-order valence-corrected chi connectivity index (χ3v) is 4.72. The fourth-order valence-electron chi connectivity index (χ4n) is 3.36. The number of anilines is 2. The Morgan fingerprint density at radius 1 is 1.14 bits per heavy atom. The maximum absolute atomic E-state index is 6.18. The Balaban J connectivity index is 1.96. The summed E-state index contributed by atoms with van der Waals surface area (Å²) in [7, 11) is 0. The molecule has 0 amide bonds. The van der Waals surface area contributed by atoms with E-state index in [2.05, 4.69) is 30.7 Å². The van der Waals surface area contributed by atoms with E-state index in [-0.39, 0.29) is 0 Å². The fraction of sp³-hybridized carbons (Fsp3) is 0.765. The third-order valence-electron chi connectivity index (χ3n) is 4.72. The highest BCUT2D eigenvalue weighted by Gasteiger charge is 2.31. The molecule has 1 aromatic heterocycles. The lowest BCUT2D eigenvalue weighted by atomic mass is 10.1. The van der Waals surface area contributed by atoms with Gasteiger partial charge < -0.3 is 10.6 Å². The molecule has 2 N–H and O–H groups in total. The molecule has 21 heavy (non-hydrogen) atoms. The number of nitrogens with two attached hydrogens (primary N) is 1. The SMILES string of the molecule is Cc1c(N)nc(C2CC2)nc1N(CC(C)C)C1CCCC1. The molecule has 0 aliphatic heterocycles. The van der Waals surface area contributed by atoms with Crippen LogP contribution in [-0.2, 0) is 0 Å². The molecule has 0 bridgehead atoms. The average Bonchev–Trinajstić information content (AvgIpc) is 3.14. The molecule has 0 aromatic carbocycles. The van der Waals surface area contributed by atoms with E-state index in [1.165, 1.54) is 38.5 Å². The van der Waals surface area contributed by atoms with E-state index >= 15 is 0 Å². The summed E-state index contributed by atoms with van der Waals surface area (Å²) in [5, 5.41) is 0. The second-order valence-electron chi connectivity index (χ2n) is 7.17. The van der Waals surface area contributed by atoms with Gasteiger partial charge in [-0.05, 0) is 38.5 Å². The Hall–Kier alpha value is -1.32. The molecule has 0 spiro atoms. The van der Waals surface area contributed by atoms with E-state index in [1.54, 1.807) is 0 Å². The summed E-state index contributed by atoms with van der Waals surface area (Å²) in [4.78, 5) is 12.0. The molecule has 1 aromatic rings. The molecule has 2 saturated carbocycles. The summed E-state index contributed by atoms with van der Waals surface area (Å²) in [5.74, 6) is 3.93. The summed E-state index contributed by atoms with van der Waals surface area (Å²) in [6.45, 7) is 7.70. The van der Waals surface area contributed by atoms with Gasteiger partial charge in [0.25, 0.3) is 0 Å². The first-order valence-corrected chi connectivity index (χ1v) is 8.47. The zero-order valence-corrected chi connectivity index (χ0v) is 13.6. The average molecular weight is 288 g/mol. The van der Waals surface area contributed by atoms with Gasteiger partial charge in [-0.15, -0.1) is 0 Å². The first-order valence-electron chi connectivity index (χ1n) is 8.47. The zero-order valence-electron chi connectivity index (χ0n) is 13.6. The molecule has 0 radical (unpaired) electrons. The topological polar surface area (TPSA) is 55.0 Å². The van der Waals surface area contributed by atoms with Crippen LogP contribution in [0.3, 0.4) is 0 Å². The van der Waals surface area contributed by atoms with Crippen LogP contribution in [0.25, 0.3) is 0 Å². The normalized spacial score (nSPS) is 19.4. The van der Waals surface area contributed by atoms with Crippen molar-refractivity contribution in [2.24, 2.45) is 5.92 Å². The number of nitrogens with zero attached hydrogens (tertiary/aromatic N) is 3. The lowest BCUT2D eigenvalue weighted by molar-refractivity contribution is 0.529. The number of nitrogen functional groups attached to an aromatic ring is 1.